The van der Waals surface area contributed by atoms with E-state index in [0.29, 0.717) is 29.6 Å². The van der Waals surface area contributed by atoms with Gasteiger partial charge < -0.3 is 9.64 Å². The van der Waals surface area contributed by atoms with E-state index in [1.165, 1.54) is 0 Å². The number of carbonyl (C=O) groups is 1. The second-order valence-corrected chi connectivity index (χ2v) is 10.6. The number of nitrogens with one attached hydrogen (secondary N) is 1. The molecule has 162 valence electrons. The van der Waals surface area contributed by atoms with Crippen LogP contribution >= 0.6 is 0 Å². The number of anilines is 2. The Kier molecular flexibility index (Phi) is 6.13. The first-order valence-corrected chi connectivity index (χ1v) is 11.7. The Balaban J connectivity index is 1.94. The zero-order chi connectivity index (χ0) is 22.1. The maximum atomic E-state index is 13.1. The van der Waals surface area contributed by atoms with Gasteiger partial charge in [0.25, 0.3) is 10.0 Å². The standard InChI is InChI=1S/C23H30N2O4S/c1-16(2)11-12-25-20-10-9-18(14-21(20)29-15-23(4,5)22(25)26)24-30(27,28)19-8-6-7-17(3)13-19/h6-10,13-14,16,24H,11-12,15H2,1-5H3. The number of aryl methyl sites for hydroxylation is 1. The molecule has 0 bridgehead atoms. The molecule has 1 amide bonds. The summed E-state index contributed by atoms with van der Waals surface area (Å²) < 4.78 is 34.1. The molecule has 0 fully saturated rings. The molecule has 1 heterocycles. The van der Waals surface area contributed by atoms with E-state index in [1.807, 2.05) is 26.8 Å². The molecule has 7 heteroatoms. The highest BCUT2D eigenvalue weighted by Gasteiger charge is 2.37. The van der Waals surface area contributed by atoms with Gasteiger partial charge in [-0.25, -0.2) is 8.42 Å². The lowest BCUT2D eigenvalue weighted by Crippen LogP contribution is -2.42. The minimum atomic E-state index is -3.73. The molecule has 2 aromatic carbocycles. The van der Waals surface area contributed by atoms with Crippen molar-refractivity contribution in [3.05, 3.63) is 48.0 Å². The molecule has 0 unspecified atom stereocenters. The van der Waals surface area contributed by atoms with Crippen molar-refractivity contribution in [3.63, 3.8) is 0 Å². The van der Waals surface area contributed by atoms with Crippen molar-refractivity contribution in [1.82, 2.24) is 0 Å². The maximum Gasteiger partial charge on any atom is 0.261 e. The summed E-state index contributed by atoms with van der Waals surface area (Å²) in [4.78, 5) is 15.1. The summed E-state index contributed by atoms with van der Waals surface area (Å²) in [5.74, 6) is 0.964. The number of hydrogen-bond donors (Lipinski definition) is 1. The molecule has 1 aliphatic heterocycles. The van der Waals surface area contributed by atoms with E-state index in [-0.39, 0.29) is 17.4 Å². The van der Waals surface area contributed by atoms with Crippen LogP contribution in [-0.2, 0) is 14.8 Å². The first-order valence-electron chi connectivity index (χ1n) is 10.2. The lowest BCUT2D eigenvalue weighted by Gasteiger charge is -2.28. The predicted molar refractivity (Wildman–Crippen MR) is 120 cm³/mol. The molecule has 0 radical (unpaired) electrons. The Morgan fingerprint density at radius 2 is 1.90 bits per heavy atom. The summed E-state index contributed by atoms with van der Waals surface area (Å²) in [5, 5.41) is 0. The predicted octanol–water partition coefficient (Wildman–Crippen LogP) is 4.59. The Morgan fingerprint density at radius 3 is 2.57 bits per heavy atom. The van der Waals surface area contributed by atoms with Crippen molar-refractivity contribution in [3.8, 4) is 5.75 Å². The third-order valence-corrected chi connectivity index (χ3v) is 6.52. The molecule has 0 aromatic heterocycles. The summed E-state index contributed by atoms with van der Waals surface area (Å²) in [5.41, 5.74) is 1.26. The first-order chi connectivity index (χ1) is 14.0. The normalized spacial score (nSPS) is 16.1. The van der Waals surface area contributed by atoms with Gasteiger partial charge in [0, 0.05) is 12.6 Å². The third-order valence-electron chi connectivity index (χ3n) is 5.15. The number of sulfonamides is 1. The van der Waals surface area contributed by atoms with Gasteiger partial charge in [0.1, 0.15) is 12.4 Å². The van der Waals surface area contributed by atoms with Gasteiger partial charge in [-0.1, -0.05) is 26.0 Å². The minimum Gasteiger partial charge on any atom is -0.490 e. The molecule has 0 saturated heterocycles. The Labute approximate surface area is 179 Å². The molecule has 3 rings (SSSR count). The average molecular weight is 431 g/mol. The van der Waals surface area contributed by atoms with Crippen molar-refractivity contribution >= 4 is 27.3 Å². The van der Waals surface area contributed by atoms with Gasteiger partial charge in [0.2, 0.25) is 5.91 Å². The van der Waals surface area contributed by atoms with Crippen LogP contribution in [0.3, 0.4) is 0 Å². The second kappa shape index (κ2) is 8.30. The monoisotopic (exact) mass is 430 g/mol. The number of hydrogen-bond acceptors (Lipinski definition) is 4. The molecular formula is C23H30N2O4S. The van der Waals surface area contributed by atoms with Gasteiger partial charge in [-0.2, -0.15) is 0 Å². The van der Waals surface area contributed by atoms with Crippen LogP contribution in [0, 0.1) is 18.3 Å². The quantitative estimate of drug-likeness (QED) is 0.727. The molecule has 2 aromatic rings. The van der Waals surface area contributed by atoms with Crippen molar-refractivity contribution in [2.24, 2.45) is 11.3 Å². The molecule has 1 N–H and O–H groups in total. The van der Waals surface area contributed by atoms with Crippen molar-refractivity contribution in [2.75, 3.05) is 22.8 Å². The lowest BCUT2D eigenvalue weighted by molar-refractivity contribution is -0.127. The van der Waals surface area contributed by atoms with Crippen LogP contribution in [0.1, 0.15) is 39.7 Å². The fourth-order valence-corrected chi connectivity index (χ4v) is 4.47. The van der Waals surface area contributed by atoms with Crippen LogP contribution in [0.5, 0.6) is 5.75 Å². The molecular weight excluding hydrogens is 400 g/mol. The molecule has 0 atom stereocenters. The van der Waals surface area contributed by atoms with Crippen LogP contribution < -0.4 is 14.4 Å². The van der Waals surface area contributed by atoms with Gasteiger partial charge in [0.15, 0.2) is 0 Å². The fourth-order valence-electron chi connectivity index (χ4n) is 3.32. The number of carbonyl (C=O) groups excluding carboxylic acids is 1. The smallest absolute Gasteiger partial charge is 0.261 e. The SMILES string of the molecule is Cc1cccc(S(=O)(=O)Nc2ccc3c(c2)OCC(C)(C)C(=O)N3CCC(C)C)c1. The van der Waals surface area contributed by atoms with Gasteiger partial charge in [-0.05, 0) is 62.9 Å². The van der Waals surface area contributed by atoms with Gasteiger partial charge in [0.05, 0.1) is 21.7 Å². The third kappa shape index (κ3) is 4.78. The summed E-state index contributed by atoms with van der Waals surface area (Å²) in [7, 11) is -3.73. The largest absolute Gasteiger partial charge is 0.490 e. The summed E-state index contributed by atoms with van der Waals surface area (Å²) in [6, 6.07) is 11.8. The Bertz CT molecular complexity index is 1040. The topological polar surface area (TPSA) is 75.7 Å². The highest BCUT2D eigenvalue weighted by Crippen LogP contribution is 2.38. The first kappa shape index (κ1) is 22.2. The van der Waals surface area contributed by atoms with Crippen molar-refractivity contribution < 1.29 is 17.9 Å². The van der Waals surface area contributed by atoms with E-state index >= 15 is 0 Å². The van der Waals surface area contributed by atoms with E-state index in [1.54, 1.807) is 41.3 Å². The average Bonchev–Trinajstić information content (AvgIpc) is 2.75. The molecule has 6 nitrogen and oxygen atoms in total. The molecule has 30 heavy (non-hydrogen) atoms. The number of fused-ring (bicyclic) bond motifs is 1. The highest BCUT2D eigenvalue weighted by molar-refractivity contribution is 7.92. The van der Waals surface area contributed by atoms with Crippen LogP contribution in [0.4, 0.5) is 11.4 Å². The zero-order valence-electron chi connectivity index (χ0n) is 18.2. The maximum absolute atomic E-state index is 13.1. The number of rotatable bonds is 6. The van der Waals surface area contributed by atoms with E-state index in [4.69, 9.17) is 4.74 Å². The number of benzene rings is 2. The highest BCUT2D eigenvalue weighted by atomic mass is 32.2. The molecule has 1 aliphatic rings. The van der Waals surface area contributed by atoms with Gasteiger partial charge in [-0.15, -0.1) is 0 Å². The lowest BCUT2D eigenvalue weighted by atomic mass is 9.92. The van der Waals surface area contributed by atoms with E-state index < -0.39 is 15.4 Å². The van der Waals surface area contributed by atoms with Gasteiger partial charge in [-0.3, -0.25) is 9.52 Å². The number of nitrogens with zero attached hydrogens (tertiary/aromatic N) is 1. The van der Waals surface area contributed by atoms with Crippen molar-refractivity contribution in [2.45, 2.75) is 45.9 Å². The van der Waals surface area contributed by atoms with E-state index in [0.717, 1.165) is 12.0 Å². The van der Waals surface area contributed by atoms with Crippen LogP contribution in [0.2, 0.25) is 0 Å². The van der Waals surface area contributed by atoms with Crippen LogP contribution in [-0.4, -0.2) is 27.5 Å². The Morgan fingerprint density at radius 1 is 1.17 bits per heavy atom. The van der Waals surface area contributed by atoms with Crippen LogP contribution in [0.15, 0.2) is 47.4 Å². The minimum absolute atomic E-state index is 0.00925. The van der Waals surface area contributed by atoms with Gasteiger partial charge >= 0.3 is 0 Å². The summed E-state index contributed by atoms with van der Waals surface area (Å²) in [6.45, 7) is 10.6. The van der Waals surface area contributed by atoms with Crippen molar-refractivity contribution in [1.29, 1.82) is 0 Å². The zero-order valence-corrected chi connectivity index (χ0v) is 19.0. The Hall–Kier alpha value is -2.54. The fraction of sp³-hybridized carbons (Fsp3) is 0.435. The van der Waals surface area contributed by atoms with Crippen LogP contribution in [0.25, 0.3) is 0 Å². The molecule has 0 saturated carbocycles. The van der Waals surface area contributed by atoms with E-state index in [9.17, 15) is 13.2 Å². The second-order valence-electron chi connectivity index (χ2n) is 8.92. The molecule has 0 spiro atoms. The van der Waals surface area contributed by atoms with E-state index in [2.05, 4.69) is 18.6 Å². The summed E-state index contributed by atoms with van der Waals surface area (Å²) in [6.07, 6.45) is 0.864. The number of ether oxygens (including phenoxy) is 1. The molecule has 0 aliphatic carbocycles. The summed E-state index contributed by atoms with van der Waals surface area (Å²) >= 11 is 0. The number of amides is 1.